The summed E-state index contributed by atoms with van der Waals surface area (Å²) in [5, 5.41) is 11.4. The number of benzene rings is 2. The number of hydrogen-bond donors (Lipinski definition) is 1. The van der Waals surface area contributed by atoms with E-state index >= 15 is 0 Å². The summed E-state index contributed by atoms with van der Waals surface area (Å²) in [6.45, 7) is 3.95. The predicted molar refractivity (Wildman–Crippen MR) is 119 cm³/mol. The molecule has 2 fully saturated rings. The van der Waals surface area contributed by atoms with Gasteiger partial charge in [0.2, 0.25) is 0 Å². The van der Waals surface area contributed by atoms with Gasteiger partial charge in [-0.25, -0.2) is 4.39 Å². The highest BCUT2D eigenvalue weighted by Crippen LogP contribution is 2.40. The topological polar surface area (TPSA) is 70.1 Å². The second-order valence-corrected chi connectivity index (χ2v) is 8.26. The van der Waals surface area contributed by atoms with Gasteiger partial charge in [0, 0.05) is 42.3 Å². The number of carbonyl (C=O) groups excluding carboxylic acids is 2. The Morgan fingerprint density at radius 1 is 1.06 bits per heavy atom. The highest BCUT2D eigenvalue weighted by Gasteiger charge is 2.46. The summed E-state index contributed by atoms with van der Waals surface area (Å²) >= 11 is 5.93. The molecule has 1 amide bonds. The van der Waals surface area contributed by atoms with Gasteiger partial charge >= 0.3 is 0 Å². The maximum Gasteiger partial charge on any atom is 0.295 e. The molecule has 4 rings (SSSR count). The fraction of sp³-hybridized carbons (Fsp3) is 0.333. The van der Waals surface area contributed by atoms with E-state index in [0.29, 0.717) is 30.2 Å². The fourth-order valence-corrected chi connectivity index (χ4v) is 4.31. The van der Waals surface area contributed by atoms with Crippen LogP contribution in [0.2, 0.25) is 5.02 Å². The Morgan fingerprint density at radius 3 is 2.44 bits per heavy atom. The van der Waals surface area contributed by atoms with E-state index in [0.717, 1.165) is 19.6 Å². The lowest BCUT2D eigenvalue weighted by Crippen LogP contribution is -2.39. The molecule has 2 aliphatic heterocycles. The number of hydrogen-bond acceptors (Lipinski definition) is 5. The van der Waals surface area contributed by atoms with Gasteiger partial charge in [-0.3, -0.25) is 14.5 Å². The summed E-state index contributed by atoms with van der Waals surface area (Å²) in [6, 6.07) is 11.3. The smallest absolute Gasteiger partial charge is 0.295 e. The molecule has 1 N–H and O–H groups in total. The van der Waals surface area contributed by atoms with Crippen LogP contribution in [0.4, 0.5) is 4.39 Å². The predicted octanol–water partition coefficient (Wildman–Crippen LogP) is 3.62. The third kappa shape index (κ3) is 4.55. The first-order valence-electron chi connectivity index (χ1n) is 10.6. The van der Waals surface area contributed by atoms with Crippen molar-refractivity contribution in [3.05, 3.63) is 76.1 Å². The quantitative estimate of drug-likeness (QED) is 0.407. The van der Waals surface area contributed by atoms with Crippen LogP contribution in [0.15, 0.2) is 54.1 Å². The SMILES string of the molecule is O=C1C(=O)N(CCCN2CCOCC2)[C@H](c2ccccc2F)/C1=C(\O)c1ccc(Cl)cc1. The molecule has 168 valence electrons. The van der Waals surface area contributed by atoms with Gasteiger partial charge in [0.05, 0.1) is 24.8 Å². The summed E-state index contributed by atoms with van der Waals surface area (Å²) in [4.78, 5) is 29.5. The van der Waals surface area contributed by atoms with Crippen LogP contribution in [0.25, 0.3) is 5.76 Å². The highest BCUT2D eigenvalue weighted by atomic mass is 35.5. The molecule has 0 radical (unpaired) electrons. The van der Waals surface area contributed by atoms with Crippen LogP contribution in [0.1, 0.15) is 23.6 Å². The molecule has 8 heteroatoms. The average Bonchev–Trinajstić information content (AvgIpc) is 3.05. The fourth-order valence-electron chi connectivity index (χ4n) is 4.18. The van der Waals surface area contributed by atoms with Gasteiger partial charge in [-0.2, -0.15) is 0 Å². The largest absolute Gasteiger partial charge is 0.507 e. The minimum atomic E-state index is -1.00. The number of Topliss-reactive ketones (excluding diaryl/α,β-unsaturated/α-hetero) is 1. The molecule has 2 aromatic carbocycles. The van der Waals surface area contributed by atoms with E-state index in [1.807, 2.05) is 0 Å². The molecular formula is C24H24ClFN2O4. The number of ether oxygens (including phenoxy) is 1. The van der Waals surface area contributed by atoms with Crippen molar-refractivity contribution in [1.29, 1.82) is 0 Å². The van der Waals surface area contributed by atoms with Crippen LogP contribution in [0, 0.1) is 5.82 Å². The van der Waals surface area contributed by atoms with Crippen LogP contribution in [0.5, 0.6) is 0 Å². The summed E-state index contributed by atoms with van der Waals surface area (Å²) in [5.74, 6) is -2.45. The van der Waals surface area contributed by atoms with Crippen molar-refractivity contribution in [2.75, 3.05) is 39.4 Å². The van der Waals surface area contributed by atoms with E-state index in [-0.39, 0.29) is 23.4 Å². The van der Waals surface area contributed by atoms with E-state index in [9.17, 15) is 19.1 Å². The number of amides is 1. The molecule has 0 bridgehead atoms. The number of likely N-dealkylation sites (tertiary alicyclic amines) is 1. The second kappa shape index (κ2) is 9.81. The van der Waals surface area contributed by atoms with Gasteiger partial charge in [-0.05, 0) is 36.8 Å². The zero-order valence-electron chi connectivity index (χ0n) is 17.5. The second-order valence-electron chi connectivity index (χ2n) is 7.83. The van der Waals surface area contributed by atoms with E-state index in [1.54, 1.807) is 36.4 Å². The number of morpholine rings is 1. The number of halogens is 2. The molecule has 6 nitrogen and oxygen atoms in total. The Hall–Kier alpha value is -2.74. The van der Waals surface area contributed by atoms with Gasteiger partial charge in [-0.1, -0.05) is 29.8 Å². The van der Waals surface area contributed by atoms with Crippen LogP contribution in [-0.2, 0) is 14.3 Å². The van der Waals surface area contributed by atoms with Gasteiger partial charge in [0.25, 0.3) is 11.7 Å². The van der Waals surface area contributed by atoms with Crippen LogP contribution < -0.4 is 0 Å². The van der Waals surface area contributed by atoms with Gasteiger partial charge in [0.1, 0.15) is 11.6 Å². The zero-order chi connectivity index (χ0) is 22.7. The van der Waals surface area contributed by atoms with Gasteiger partial charge < -0.3 is 14.7 Å². The molecule has 2 aliphatic rings. The van der Waals surface area contributed by atoms with Crippen molar-refractivity contribution >= 4 is 29.1 Å². The normalized spacial score (nSPS) is 21.3. The Morgan fingerprint density at radius 2 is 1.75 bits per heavy atom. The first-order valence-corrected chi connectivity index (χ1v) is 10.9. The lowest BCUT2D eigenvalue weighted by molar-refractivity contribution is -0.140. The Bertz CT molecular complexity index is 1030. The molecule has 0 spiro atoms. The van der Waals surface area contributed by atoms with Crippen molar-refractivity contribution in [3.63, 3.8) is 0 Å². The van der Waals surface area contributed by atoms with Crippen LogP contribution in [0.3, 0.4) is 0 Å². The molecule has 2 heterocycles. The van der Waals surface area contributed by atoms with Gasteiger partial charge in [0.15, 0.2) is 0 Å². The van der Waals surface area contributed by atoms with E-state index < -0.39 is 23.5 Å². The standard InChI is InChI=1S/C24H24ClFN2O4/c25-17-8-6-16(7-9-17)22(29)20-21(18-4-1-2-5-19(18)26)28(24(31)23(20)30)11-3-10-27-12-14-32-15-13-27/h1-2,4-9,21,29H,3,10-15H2/b22-20+/t21-/m1/s1. The summed E-state index contributed by atoms with van der Waals surface area (Å²) in [5.41, 5.74) is 0.393. The van der Waals surface area contributed by atoms with Crippen LogP contribution >= 0.6 is 11.6 Å². The number of carbonyl (C=O) groups is 2. The monoisotopic (exact) mass is 458 g/mol. The molecule has 2 aromatic rings. The van der Waals surface area contributed by atoms with E-state index in [1.165, 1.54) is 17.0 Å². The third-order valence-electron chi connectivity index (χ3n) is 5.83. The molecule has 0 saturated carbocycles. The molecule has 0 aliphatic carbocycles. The first kappa shape index (κ1) is 22.5. The van der Waals surface area contributed by atoms with Gasteiger partial charge in [-0.15, -0.1) is 0 Å². The minimum absolute atomic E-state index is 0.117. The number of aliphatic hydroxyl groups is 1. The molecule has 32 heavy (non-hydrogen) atoms. The number of nitrogens with zero attached hydrogens (tertiary/aromatic N) is 2. The van der Waals surface area contributed by atoms with Crippen molar-refractivity contribution in [1.82, 2.24) is 9.80 Å². The minimum Gasteiger partial charge on any atom is -0.507 e. The maximum absolute atomic E-state index is 14.8. The molecule has 1 atom stereocenters. The van der Waals surface area contributed by atoms with Crippen LogP contribution in [-0.4, -0.2) is 66.0 Å². The van der Waals surface area contributed by atoms with Crippen molar-refractivity contribution in [2.45, 2.75) is 12.5 Å². The lowest BCUT2D eigenvalue weighted by Gasteiger charge is -2.29. The summed E-state index contributed by atoms with van der Waals surface area (Å²) in [6.07, 6.45) is 0.610. The van der Waals surface area contributed by atoms with Crippen molar-refractivity contribution in [2.24, 2.45) is 0 Å². The lowest BCUT2D eigenvalue weighted by atomic mass is 9.95. The van der Waals surface area contributed by atoms with Crippen molar-refractivity contribution in [3.8, 4) is 0 Å². The third-order valence-corrected chi connectivity index (χ3v) is 6.09. The maximum atomic E-state index is 14.8. The summed E-state index contributed by atoms with van der Waals surface area (Å²) in [7, 11) is 0. The highest BCUT2D eigenvalue weighted by molar-refractivity contribution is 6.46. The van der Waals surface area contributed by atoms with E-state index in [2.05, 4.69) is 4.90 Å². The Labute approximate surface area is 190 Å². The number of ketones is 1. The molecule has 0 aromatic heterocycles. The van der Waals surface area contributed by atoms with E-state index in [4.69, 9.17) is 16.3 Å². The molecular weight excluding hydrogens is 435 g/mol. The molecule has 2 saturated heterocycles. The Balaban J connectivity index is 1.68. The first-order chi connectivity index (χ1) is 15.5. The average molecular weight is 459 g/mol. The van der Waals surface area contributed by atoms with Crippen molar-refractivity contribution < 1.29 is 23.8 Å². The summed E-state index contributed by atoms with van der Waals surface area (Å²) < 4.78 is 20.1. The molecule has 0 unspecified atom stereocenters. The number of aliphatic hydroxyl groups excluding tert-OH is 1. The zero-order valence-corrected chi connectivity index (χ0v) is 18.2. The Kier molecular flexibility index (Phi) is 6.89. The number of rotatable bonds is 6.